The minimum Gasteiger partial charge on any atom is -0.335 e. The van der Waals surface area contributed by atoms with Gasteiger partial charge in [-0.25, -0.2) is 4.79 Å². The van der Waals surface area contributed by atoms with Gasteiger partial charge >= 0.3 is 6.03 Å². The van der Waals surface area contributed by atoms with Crippen LogP contribution in [0.4, 0.5) is 4.79 Å². The van der Waals surface area contributed by atoms with Gasteiger partial charge in [0, 0.05) is 6.04 Å². The number of benzene rings is 1. The Kier molecular flexibility index (Phi) is 4.92. The number of urea groups is 1. The van der Waals surface area contributed by atoms with Gasteiger partial charge in [0.2, 0.25) is 0 Å². The van der Waals surface area contributed by atoms with Gasteiger partial charge in [-0.1, -0.05) is 57.9 Å². The molecule has 1 unspecified atom stereocenters. The van der Waals surface area contributed by atoms with Gasteiger partial charge in [0.05, 0.1) is 6.04 Å². The normalized spacial score (nSPS) is 17.5. The van der Waals surface area contributed by atoms with Crippen LogP contribution in [0.1, 0.15) is 70.5 Å². The van der Waals surface area contributed by atoms with Crippen molar-refractivity contribution in [1.29, 1.82) is 0 Å². The van der Waals surface area contributed by atoms with E-state index in [9.17, 15) is 4.79 Å². The molecule has 0 heterocycles. The minimum absolute atomic E-state index is 0.0282. The third kappa shape index (κ3) is 4.48. The lowest BCUT2D eigenvalue weighted by Crippen LogP contribution is -2.41. The Labute approximate surface area is 128 Å². The molecule has 116 valence electrons. The zero-order chi connectivity index (χ0) is 15.5. The monoisotopic (exact) mass is 288 g/mol. The summed E-state index contributed by atoms with van der Waals surface area (Å²) in [5, 5.41) is 6.10. The van der Waals surface area contributed by atoms with Crippen LogP contribution in [0.15, 0.2) is 24.3 Å². The number of nitrogens with one attached hydrogen (secondary N) is 2. The van der Waals surface area contributed by atoms with Gasteiger partial charge in [-0.2, -0.15) is 0 Å². The van der Waals surface area contributed by atoms with Crippen LogP contribution in [0.3, 0.4) is 0 Å². The molecule has 1 aromatic carbocycles. The molecule has 1 saturated carbocycles. The lowest BCUT2D eigenvalue weighted by Gasteiger charge is -2.21. The summed E-state index contributed by atoms with van der Waals surface area (Å²) in [6, 6.07) is 8.88. The lowest BCUT2D eigenvalue weighted by atomic mass is 9.86. The van der Waals surface area contributed by atoms with E-state index in [1.165, 1.54) is 18.4 Å². The van der Waals surface area contributed by atoms with E-state index in [-0.39, 0.29) is 17.5 Å². The van der Waals surface area contributed by atoms with Crippen molar-refractivity contribution >= 4 is 6.03 Å². The van der Waals surface area contributed by atoms with Gasteiger partial charge in [-0.05, 0) is 36.3 Å². The Morgan fingerprint density at radius 1 is 1.14 bits per heavy atom. The van der Waals surface area contributed by atoms with Crippen LogP contribution >= 0.6 is 0 Å². The smallest absolute Gasteiger partial charge is 0.315 e. The summed E-state index contributed by atoms with van der Waals surface area (Å²) in [6.45, 7) is 8.65. The van der Waals surface area contributed by atoms with E-state index in [0.717, 1.165) is 18.4 Å². The lowest BCUT2D eigenvalue weighted by molar-refractivity contribution is 0.234. The molecule has 0 radical (unpaired) electrons. The SMILES string of the molecule is CC(NC(=O)NC1CCCC1)c1ccc(C(C)(C)C)cc1. The molecule has 3 nitrogen and oxygen atoms in total. The van der Waals surface area contributed by atoms with Gasteiger partial charge < -0.3 is 10.6 Å². The highest BCUT2D eigenvalue weighted by Crippen LogP contribution is 2.24. The molecule has 0 aliphatic heterocycles. The highest BCUT2D eigenvalue weighted by atomic mass is 16.2. The van der Waals surface area contributed by atoms with Crippen molar-refractivity contribution < 1.29 is 4.79 Å². The molecule has 0 aromatic heterocycles. The van der Waals surface area contributed by atoms with E-state index < -0.39 is 0 Å². The first-order chi connectivity index (χ1) is 9.86. The van der Waals surface area contributed by atoms with Crippen LogP contribution in [-0.4, -0.2) is 12.1 Å². The highest BCUT2D eigenvalue weighted by molar-refractivity contribution is 5.74. The minimum atomic E-state index is -0.0469. The van der Waals surface area contributed by atoms with Crippen molar-refractivity contribution in [3.8, 4) is 0 Å². The Morgan fingerprint density at radius 3 is 2.24 bits per heavy atom. The summed E-state index contributed by atoms with van der Waals surface area (Å²) in [6.07, 6.45) is 4.69. The van der Waals surface area contributed by atoms with Gasteiger partial charge in [-0.3, -0.25) is 0 Å². The van der Waals surface area contributed by atoms with Crippen LogP contribution in [0, 0.1) is 0 Å². The molecule has 3 heteroatoms. The quantitative estimate of drug-likeness (QED) is 0.856. The van der Waals surface area contributed by atoms with Gasteiger partial charge in [0.1, 0.15) is 0 Å². The zero-order valence-electron chi connectivity index (χ0n) is 13.7. The van der Waals surface area contributed by atoms with Crippen molar-refractivity contribution in [3.63, 3.8) is 0 Å². The molecule has 1 aliphatic carbocycles. The predicted octanol–water partition coefficient (Wildman–Crippen LogP) is 4.29. The van der Waals surface area contributed by atoms with Crippen LogP contribution in [0.5, 0.6) is 0 Å². The van der Waals surface area contributed by atoms with Crippen LogP contribution in [0.25, 0.3) is 0 Å². The number of carbonyl (C=O) groups is 1. The number of hydrogen-bond acceptors (Lipinski definition) is 1. The third-order valence-corrected chi connectivity index (χ3v) is 4.31. The third-order valence-electron chi connectivity index (χ3n) is 4.31. The standard InChI is InChI=1S/C18H28N2O/c1-13(19-17(21)20-16-7-5-6-8-16)14-9-11-15(12-10-14)18(2,3)4/h9-13,16H,5-8H2,1-4H3,(H2,19,20,21). The van der Waals surface area contributed by atoms with E-state index in [0.29, 0.717) is 6.04 Å². The summed E-state index contributed by atoms with van der Waals surface area (Å²) in [4.78, 5) is 12.0. The Balaban J connectivity index is 1.90. The second-order valence-corrected chi connectivity index (χ2v) is 7.19. The molecular weight excluding hydrogens is 260 g/mol. The number of carbonyl (C=O) groups excluding carboxylic acids is 1. The van der Waals surface area contributed by atoms with E-state index in [4.69, 9.17) is 0 Å². The molecule has 1 fully saturated rings. The summed E-state index contributed by atoms with van der Waals surface area (Å²) in [7, 11) is 0. The zero-order valence-corrected chi connectivity index (χ0v) is 13.7. The Hall–Kier alpha value is -1.51. The summed E-state index contributed by atoms with van der Waals surface area (Å²) < 4.78 is 0. The van der Waals surface area contributed by atoms with E-state index in [1.54, 1.807) is 0 Å². The Morgan fingerprint density at radius 2 is 1.71 bits per heavy atom. The molecule has 0 bridgehead atoms. The first-order valence-electron chi connectivity index (χ1n) is 8.04. The fraction of sp³-hybridized carbons (Fsp3) is 0.611. The van der Waals surface area contributed by atoms with E-state index in [2.05, 4.69) is 55.7 Å². The molecule has 2 rings (SSSR count). The summed E-state index contributed by atoms with van der Waals surface area (Å²) >= 11 is 0. The summed E-state index contributed by atoms with van der Waals surface area (Å²) in [5.41, 5.74) is 2.62. The van der Waals surface area contributed by atoms with Crippen LogP contribution < -0.4 is 10.6 Å². The first-order valence-corrected chi connectivity index (χ1v) is 8.04. The molecule has 0 saturated heterocycles. The predicted molar refractivity (Wildman–Crippen MR) is 87.5 cm³/mol. The van der Waals surface area contributed by atoms with Crippen molar-refractivity contribution in [1.82, 2.24) is 10.6 Å². The van der Waals surface area contributed by atoms with Gasteiger partial charge in [0.25, 0.3) is 0 Å². The van der Waals surface area contributed by atoms with Crippen molar-refractivity contribution in [2.75, 3.05) is 0 Å². The van der Waals surface area contributed by atoms with E-state index in [1.807, 2.05) is 6.92 Å². The van der Waals surface area contributed by atoms with Crippen LogP contribution in [-0.2, 0) is 5.41 Å². The van der Waals surface area contributed by atoms with Gasteiger partial charge in [0.15, 0.2) is 0 Å². The summed E-state index contributed by atoms with van der Waals surface area (Å²) in [5.74, 6) is 0. The number of hydrogen-bond donors (Lipinski definition) is 2. The van der Waals surface area contributed by atoms with Crippen LogP contribution in [0.2, 0.25) is 0 Å². The second kappa shape index (κ2) is 6.50. The highest BCUT2D eigenvalue weighted by Gasteiger charge is 2.18. The average molecular weight is 288 g/mol. The first kappa shape index (κ1) is 15.9. The fourth-order valence-electron chi connectivity index (χ4n) is 2.85. The molecule has 2 amide bonds. The maximum absolute atomic E-state index is 12.0. The molecule has 0 spiro atoms. The molecule has 1 aromatic rings. The Bertz CT molecular complexity index is 467. The average Bonchev–Trinajstić information content (AvgIpc) is 2.90. The molecule has 1 atom stereocenters. The fourth-order valence-corrected chi connectivity index (χ4v) is 2.85. The largest absolute Gasteiger partial charge is 0.335 e. The number of rotatable bonds is 3. The maximum atomic E-state index is 12.0. The second-order valence-electron chi connectivity index (χ2n) is 7.19. The number of amides is 2. The molecular formula is C18H28N2O. The van der Waals surface area contributed by atoms with Crippen molar-refractivity contribution in [3.05, 3.63) is 35.4 Å². The molecule has 2 N–H and O–H groups in total. The maximum Gasteiger partial charge on any atom is 0.315 e. The van der Waals surface area contributed by atoms with E-state index >= 15 is 0 Å². The molecule has 21 heavy (non-hydrogen) atoms. The van der Waals surface area contributed by atoms with Gasteiger partial charge in [-0.15, -0.1) is 0 Å². The van der Waals surface area contributed by atoms with Crippen molar-refractivity contribution in [2.45, 2.75) is 70.9 Å². The topological polar surface area (TPSA) is 41.1 Å². The van der Waals surface area contributed by atoms with Crippen molar-refractivity contribution in [2.24, 2.45) is 0 Å². The molecule has 1 aliphatic rings.